The molecule has 0 aromatic heterocycles. The van der Waals surface area contributed by atoms with Gasteiger partial charge in [-0.05, 0) is 23.6 Å². The Morgan fingerprint density at radius 1 is 0.839 bits per heavy atom. The molecule has 2 aliphatic rings. The number of amides is 1. The third kappa shape index (κ3) is 2.61. The number of esters is 1. The first-order valence-corrected chi connectivity index (χ1v) is 10.9. The fraction of sp³-hybridized carbons (Fsp3) is 0.259. The number of hydrogen-bond donors (Lipinski definition) is 0. The minimum absolute atomic E-state index is 0.155. The van der Waals surface area contributed by atoms with E-state index in [0.717, 1.165) is 35.2 Å². The van der Waals surface area contributed by atoms with E-state index in [9.17, 15) is 9.59 Å². The average molecular weight is 412 g/mol. The molecule has 0 radical (unpaired) electrons. The molecular weight excluding hydrogens is 386 g/mol. The predicted octanol–water partition coefficient (Wildman–Crippen LogP) is 5.11. The molecule has 5 rings (SSSR count). The van der Waals surface area contributed by atoms with Gasteiger partial charge >= 0.3 is 5.97 Å². The minimum atomic E-state index is -1.31. The van der Waals surface area contributed by atoms with Crippen LogP contribution in [0.3, 0.4) is 0 Å². The Bertz CT molecular complexity index is 1130. The van der Waals surface area contributed by atoms with E-state index in [-0.39, 0.29) is 11.9 Å². The molecule has 2 heterocycles. The van der Waals surface area contributed by atoms with Crippen LogP contribution < -0.4 is 4.90 Å². The lowest BCUT2D eigenvalue weighted by molar-refractivity contribution is -0.224. The first kappa shape index (κ1) is 19.6. The monoisotopic (exact) mass is 411 g/mol. The molecule has 4 nitrogen and oxygen atoms in total. The summed E-state index contributed by atoms with van der Waals surface area (Å²) in [6.45, 7) is 2.54. The van der Waals surface area contributed by atoms with Gasteiger partial charge in [0.1, 0.15) is 5.41 Å². The Labute approximate surface area is 182 Å². The summed E-state index contributed by atoms with van der Waals surface area (Å²) < 4.78 is 5.93. The van der Waals surface area contributed by atoms with Gasteiger partial charge in [0.25, 0.3) is 5.91 Å². The smallest absolute Gasteiger partial charge is 0.323 e. The van der Waals surface area contributed by atoms with Crippen LogP contribution in [0.2, 0.25) is 0 Å². The van der Waals surface area contributed by atoms with Gasteiger partial charge in [-0.1, -0.05) is 98.6 Å². The van der Waals surface area contributed by atoms with E-state index in [2.05, 4.69) is 6.92 Å². The Morgan fingerprint density at radius 3 is 2.16 bits per heavy atom. The van der Waals surface area contributed by atoms with Gasteiger partial charge in [0.2, 0.25) is 5.60 Å². The normalized spacial score (nSPS) is 24.1. The van der Waals surface area contributed by atoms with Crippen LogP contribution in [-0.4, -0.2) is 11.9 Å². The number of hydrogen-bond acceptors (Lipinski definition) is 3. The zero-order valence-electron chi connectivity index (χ0n) is 17.6. The van der Waals surface area contributed by atoms with Gasteiger partial charge in [-0.25, -0.2) is 0 Å². The summed E-state index contributed by atoms with van der Waals surface area (Å²) in [5, 5.41) is 0. The second-order valence-electron chi connectivity index (χ2n) is 8.34. The Morgan fingerprint density at radius 2 is 1.48 bits per heavy atom. The lowest BCUT2D eigenvalue weighted by Crippen LogP contribution is -2.71. The lowest BCUT2D eigenvalue weighted by Gasteiger charge is -2.54. The van der Waals surface area contributed by atoms with Gasteiger partial charge in [-0.2, -0.15) is 0 Å². The van der Waals surface area contributed by atoms with Crippen molar-refractivity contribution in [3.63, 3.8) is 0 Å². The molecule has 2 atom stereocenters. The summed E-state index contributed by atoms with van der Waals surface area (Å²) in [6.07, 6.45) is 2.34. The van der Waals surface area contributed by atoms with Crippen LogP contribution in [0.5, 0.6) is 0 Å². The van der Waals surface area contributed by atoms with Gasteiger partial charge < -0.3 is 9.64 Å². The van der Waals surface area contributed by atoms with Gasteiger partial charge in [-0.3, -0.25) is 9.59 Å². The van der Waals surface area contributed by atoms with Crippen molar-refractivity contribution in [3.05, 3.63) is 102 Å². The van der Waals surface area contributed by atoms with Crippen molar-refractivity contribution in [2.24, 2.45) is 0 Å². The van der Waals surface area contributed by atoms with E-state index in [1.165, 1.54) is 0 Å². The molecule has 0 N–H and O–H groups in total. The minimum Gasteiger partial charge on any atom is -0.441 e. The maximum Gasteiger partial charge on any atom is 0.323 e. The van der Waals surface area contributed by atoms with Crippen LogP contribution in [0.15, 0.2) is 84.9 Å². The molecule has 4 heteroatoms. The number of carbonyl (C=O) groups is 2. The second kappa shape index (κ2) is 7.38. The number of carbonyl (C=O) groups excluding carboxylic acids is 2. The number of rotatable bonds is 6. The van der Waals surface area contributed by atoms with E-state index < -0.39 is 11.0 Å². The number of anilines is 1. The van der Waals surface area contributed by atoms with E-state index in [1.807, 2.05) is 84.9 Å². The Kier molecular flexibility index (Phi) is 4.66. The van der Waals surface area contributed by atoms with Gasteiger partial charge in [-0.15, -0.1) is 0 Å². The van der Waals surface area contributed by atoms with Crippen LogP contribution in [0.4, 0.5) is 5.69 Å². The van der Waals surface area contributed by atoms with Crippen molar-refractivity contribution >= 4 is 17.6 Å². The summed E-state index contributed by atoms with van der Waals surface area (Å²) >= 11 is 0. The largest absolute Gasteiger partial charge is 0.441 e. The summed E-state index contributed by atoms with van der Waals surface area (Å²) in [7, 11) is 0. The number of nitrogens with zero attached hydrogens (tertiary/aromatic N) is 1. The van der Waals surface area contributed by atoms with Gasteiger partial charge in [0.05, 0.1) is 12.2 Å². The molecule has 1 amide bonds. The molecule has 1 saturated heterocycles. The van der Waals surface area contributed by atoms with E-state index >= 15 is 0 Å². The summed E-state index contributed by atoms with van der Waals surface area (Å²) in [4.78, 5) is 29.1. The lowest BCUT2D eigenvalue weighted by atomic mass is 9.58. The number of para-hydroxylation sites is 1. The van der Waals surface area contributed by atoms with Crippen molar-refractivity contribution in [3.8, 4) is 0 Å². The fourth-order valence-electron chi connectivity index (χ4n) is 5.17. The summed E-state index contributed by atoms with van der Waals surface area (Å²) in [5.41, 5.74) is 1.17. The first-order chi connectivity index (χ1) is 15.1. The molecule has 3 aromatic carbocycles. The number of unbranched alkanes of at least 4 members (excludes halogenated alkanes) is 1. The molecule has 0 aliphatic carbocycles. The van der Waals surface area contributed by atoms with E-state index in [1.54, 1.807) is 4.90 Å². The van der Waals surface area contributed by atoms with Crippen LogP contribution in [0.25, 0.3) is 0 Å². The zero-order valence-corrected chi connectivity index (χ0v) is 17.6. The third-order valence-corrected chi connectivity index (χ3v) is 6.67. The predicted molar refractivity (Wildman–Crippen MR) is 119 cm³/mol. The maximum absolute atomic E-state index is 14.1. The molecule has 2 aliphatic heterocycles. The summed E-state index contributed by atoms with van der Waals surface area (Å²) in [5.74, 6) is -0.464. The highest BCUT2D eigenvalue weighted by Gasteiger charge is 2.77. The van der Waals surface area contributed by atoms with Crippen LogP contribution in [0, 0.1) is 0 Å². The number of fused-ring (bicyclic) bond motifs is 2. The molecule has 31 heavy (non-hydrogen) atoms. The van der Waals surface area contributed by atoms with Crippen molar-refractivity contribution in [2.45, 2.75) is 43.7 Å². The van der Waals surface area contributed by atoms with Crippen LogP contribution in [-0.2, 0) is 31.9 Å². The Hall–Kier alpha value is -3.40. The van der Waals surface area contributed by atoms with Crippen LogP contribution in [0.1, 0.15) is 42.9 Å². The van der Waals surface area contributed by atoms with Crippen molar-refractivity contribution < 1.29 is 14.3 Å². The highest BCUT2D eigenvalue weighted by Crippen LogP contribution is 2.62. The maximum atomic E-state index is 14.1. The molecule has 0 bridgehead atoms. The van der Waals surface area contributed by atoms with E-state index in [4.69, 9.17) is 4.74 Å². The number of ether oxygens (including phenoxy) is 1. The number of benzene rings is 3. The van der Waals surface area contributed by atoms with Gasteiger partial charge in [0.15, 0.2) is 0 Å². The first-order valence-electron chi connectivity index (χ1n) is 10.9. The third-order valence-electron chi connectivity index (χ3n) is 6.67. The van der Waals surface area contributed by atoms with E-state index in [0.29, 0.717) is 13.0 Å². The molecule has 156 valence electrons. The average Bonchev–Trinajstić information content (AvgIpc) is 3.05. The zero-order chi connectivity index (χ0) is 21.5. The SMILES string of the molecule is CCCC[C@@]1(c2ccccc2)C(=O)O[C@]12C(=O)N(Cc1ccccc1)c1ccccc12. The molecular formula is C27H25NO3. The highest BCUT2D eigenvalue weighted by molar-refractivity contribution is 6.16. The van der Waals surface area contributed by atoms with Crippen LogP contribution >= 0.6 is 0 Å². The molecule has 0 saturated carbocycles. The fourth-order valence-corrected chi connectivity index (χ4v) is 5.17. The van der Waals surface area contributed by atoms with Crippen molar-refractivity contribution in [1.29, 1.82) is 0 Å². The molecule has 3 aromatic rings. The molecule has 1 fully saturated rings. The van der Waals surface area contributed by atoms with Crippen molar-refractivity contribution in [1.82, 2.24) is 0 Å². The van der Waals surface area contributed by atoms with Crippen molar-refractivity contribution in [2.75, 3.05) is 4.90 Å². The topological polar surface area (TPSA) is 46.6 Å². The van der Waals surface area contributed by atoms with Gasteiger partial charge in [0, 0.05) is 5.56 Å². The Balaban J connectivity index is 1.68. The standard InChI is InChI=1S/C27H25NO3/c1-2-3-18-26(21-14-8-5-9-15-21)25(30)31-27(26)22-16-10-11-17-23(22)28(24(27)29)19-20-12-6-4-7-13-20/h4-17H,2-3,18-19H2,1H3/t26-,27-/m1/s1. The summed E-state index contributed by atoms with van der Waals surface area (Å²) in [6, 6.07) is 27.3. The molecule has 0 unspecified atom stereocenters. The quantitative estimate of drug-likeness (QED) is 0.529. The molecule has 1 spiro atoms. The second-order valence-corrected chi connectivity index (χ2v) is 8.34. The highest BCUT2D eigenvalue weighted by atomic mass is 16.6.